The summed E-state index contributed by atoms with van der Waals surface area (Å²) in [5, 5.41) is 1.63. The molecule has 6 nitrogen and oxygen atoms in total. The summed E-state index contributed by atoms with van der Waals surface area (Å²) in [4.78, 5) is 22.7. The normalized spacial score (nSPS) is 17.2. The van der Waals surface area contributed by atoms with Crippen LogP contribution < -0.4 is 10.4 Å². The highest BCUT2D eigenvalue weighted by Gasteiger charge is 2.17. The van der Waals surface area contributed by atoms with Gasteiger partial charge < -0.3 is 18.3 Å². The van der Waals surface area contributed by atoms with Crippen molar-refractivity contribution in [1.29, 1.82) is 0 Å². The van der Waals surface area contributed by atoms with Crippen LogP contribution in [-0.2, 0) is 9.53 Å². The van der Waals surface area contributed by atoms with Crippen LogP contribution in [0, 0.1) is 0 Å². The number of furan rings is 1. The molecule has 2 aromatic heterocycles. The zero-order valence-corrected chi connectivity index (χ0v) is 14.1. The van der Waals surface area contributed by atoms with E-state index in [1.165, 1.54) is 12.1 Å². The predicted octanol–water partition coefficient (Wildman–Crippen LogP) is 3.74. The van der Waals surface area contributed by atoms with Gasteiger partial charge in [-0.25, -0.2) is 9.59 Å². The summed E-state index contributed by atoms with van der Waals surface area (Å²) >= 11 is 0. The summed E-state index contributed by atoms with van der Waals surface area (Å²) in [5.41, 5.74) is 1.46. The van der Waals surface area contributed by atoms with Crippen molar-refractivity contribution < 1.29 is 23.1 Å². The van der Waals surface area contributed by atoms with Crippen LogP contribution >= 0.6 is 0 Å². The average Bonchev–Trinajstić information content (AvgIpc) is 3.23. The number of fused-ring (bicyclic) bond motifs is 2. The van der Waals surface area contributed by atoms with E-state index in [0.717, 1.165) is 16.3 Å². The summed E-state index contributed by atoms with van der Waals surface area (Å²) in [5.74, 6) is 0.0847. The van der Waals surface area contributed by atoms with Gasteiger partial charge in [0, 0.05) is 29.3 Å². The second-order valence-electron chi connectivity index (χ2n) is 6.12. The molecule has 3 aromatic rings. The second kappa shape index (κ2) is 6.55. The zero-order chi connectivity index (χ0) is 18.1. The van der Waals surface area contributed by atoms with E-state index in [1.807, 2.05) is 25.1 Å². The van der Waals surface area contributed by atoms with Gasteiger partial charge in [-0.2, -0.15) is 0 Å². The summed E-state index contributed by atoms with van der Waals surface area (Å²) in [6.45, 7) is 2.21. The molecule has 1 atom stereocenters. The van der Waals surface area contributed by atoms with Crippen molar-refractivity contribution in [2.75, 3.05) is 6.61 Å². The molecule has 1 aromatic carbocycles. The molecular weight excluding hydrogens is 336 g/mol. The van der Waals surface area contributed by atoms with E-state index < -0.39 is 5.63 Å². The Morgan fingerprint density at radius 2 is 2.04 bits per heavy atom. The number of rotatable bonds is 5. The molecule has 26 heavy (non-hydrogen) atoms. The Morgan fingerprint density at radius 3 is 2.85 bits per heavy atom. The first-order valence-corrected chi connectivity index (χ1v) is 8.21. The van der Waals surface area contributed by atoms with Gasteiger partial charge >= 0.3 is 11.6 Å². The molecule has 3 heterocycles. The average molecular weight is 352 g/mol. The van der Waals surface area contributed by atoms with Crippen LogP contribution in [0.1, 0.15) is 13.3 Å². The fourth-order valence-corrected chi connectivity index (χ4v) is 2.93. The van der Waals surface area contributed by atoms with E-state index in [-0.39, 0.29) is 18.7 Å². The number of ether oxygens (including phenoxy) is 2. The van der Waals surface area contributed by atoms with Crippen molar-refractivity contribution in [3.8, 4) is 5.75 Å². The van der Waals surface area contributed by atoms with E-state index >= 15 is 0 Å². The molecule has 0 saturated carbocycles. The Balaban J connectivity index is 1.57. The summed E-state index contributed by atoms with van der Waals surface area (Å²) in [6, 6.07) is 6.78. The molecule has 4 rings (SSSR count). The van der Waals surface area contributed by atoms with E-state index in [2.05, 4.69) is 0 Å². The number of carbonyl (C=O) groups excluding carboxylic acids is 1. The molecule has 1 aliphatic heterocycles. The molecule has 0 N–H and O–H groups in total. The minimum Gasteiger partial charge on any atom is -0.482 e. The standard InChI is InChI=1S/C20H16O6/c1-12(10-15-3-5-16(21)25-15)6-8-24-20-18-14(7-9-23-18)11-13-2-4-17(22)26-19(13)20/h2-7,9,11,15H,8,10H2,1H3/t15-/m0/s1. The second-order valence-corrected chi connectivity index (χ2v) is 6.12. The predicted molar refractivity (Wildman–Crippen MR) is 95.1 cm³/mol. The van der Waals surface area contributed by atoms with Gasteiger partial charge in [0.15, 0.2) is 11.2 Å². The number of carbonyl (C=O) groups is 1. The van der Waals surface area contributed by atoms with Crippen molar-refractivity contribution in [2.24, 2.45) is 0 Å². The lowest BCUT2D eigenvalue weighted by Crippen LogP contribution is -2.08. The van der Waals surface area contributed by atoms with Crippen LogP contribution in [0.4, 0.5) is 0 Å². The molecule has 0 spiro atoms. The molecular formula is C20H16O6. The van der Waals surface area contributed by atoms with Gasteiger partial charge in [-0.3, -0.25) is 0 Å². The minimum absolute atomic E-state index is 0.230. The number of benzene rings is 1. The number of hydrogen-bond acceptors (Lipinski definition) is 6. The maximum absolute atomic E-state index is 11.6. The topological polar surface area (TPSA) is 78.9 Å². The summed E-state index contributed by atoms with van der Waals surface area (Å²) < 4.78 is 21.8. The molecule has 0 amide bonds. The number of cyclic esters (lactones) is 1. The summed E-state index contributed by atoms with van der Waals surface area (Å²) in [7, 11) is 0. The smallest absolute Gasteiger partial charge is 0.336 e. The lowest BCUT2D eigenvalue weighted by molar-refractivity contribution is -0.138. The highest BCUT2D eigenvalue weighted by atomic mass is 16.5. The number of hydrogen-bond donors (Lipinski definition) is 0. The first-order valence-electron chi connectivity index (χ1n) is 8.21. The largest absolute Gasteiger partial charge is 0.482 e. The van der Waals surface area contributed by atoms with Gasteiger partial charge in [-0.1, -0.05) is 5.57 Å². The zero-order valence-electron chi connectivity index (χ0n) is 14.1. The molecule has 0 aliphatic carbocycles. The van der Waals surface area contributed by atoms with Crippen molar-refractivity contribution in [3.63, 3.8) is 0 Å². The van der Waals surface area contributed by atoms with Crippen LogP contribution in [0.5, 0.6) is 5.75 Å². The van der Waals surface area contributed by atoms with E-state index in [1.54, 1.807) is 18.4 Å². The van der Waals surface area contributed by atoms with Crippen LogP contribution in [0.25, 0.3) is 21.9 Å². The Kier molecular flexibility index (Phi) is 4.08. The molecule has 1 aliphatic rings. The van der Waals surface area contributed by atoms with Crippen molar-refractivity contribution in [3.05, 3.63) is 64.7 Å². The fourth-order valence-electron chi connectivity index (χ4n) is 2.93. The van der Waals surface area contributed by atoms with Crippen molar-refractivity contribution >= 4 is 27.9 Å². The monoisotopic (exact) mass is 352 g/mol. The molecule has 0 radical (unpaired) electrons. The third-order valence-electron chi connectivity index (χ3n) is 4.18. The molecule has 132 valence electrons. The third-order valence-corrected chi connectivity index (χ3v) is 4.18. The minimum atomic E-state index is -0.449. The molecule has 0 fully saturated rings. The van der Waals surface area contributed by atoms with Crippen LogP contribution in [-0.4, -0.2) is 18.7 Å². The van der Waals surface area contributed by atoms with Gasteiger partial charge in [0.25, 0.3) is 0 Å². The van der Waals surface area contributed by atoms with Gasteiger partial charge in [0.05, 0.1) is 6.26 Å². The number of esters is 1. The van der Waals surface area contributed by atoms with Crippen molar-refractivity contribution in [1.82, 2.24) is 0 Å². The first kappa shape index (κ1) is 16.2. The Labute approximate surface area is 148 Å². The van der Waals surface area contributed by atoms with Gasteiger partial charge in [-0.05, 0) is 37.3 Å². The maximum Gasteiger partial charge on any atom is 0.336 e. The molecule has 0 bridgehead atoms. The van der Waals surface area contributed by atoms with Crippen LogP contribution in [0.3, 0.4) is 0 Å². The van der Waals surface area contributed by atoms with E-state index in [9.17, 15) is 9.59 Å². The maximum atomic E-state index is 11.6. The van der Waals surface area contributed by atoms with Crippen molar-refractivity contribution in [2.45, 2.75) is 19.4 Å². The van der Waals surface area contributed by atoms with E-state index in [4.69, 9.17) is 18.3 Å². The molecule has 0 unspecified atom stereocenters. The van der Waals surface area contributed by atoms with Gasteiger partial charge in [-0.15, -0.1) is 0 Å². The van der Waals surface area contributed by atoms with Crippen LogP contribution in [0.2, 0.25) is 0 Å². The van der Waals surface area contributed by atoms with E-state index in [0.29, 0.717) is 23.3 Å². The summed E-state index contributed by atoms with van der Waals surface area (Å²) in [6.07, 6.45) is 7.01. The van der Waals surface area contributed by atoms with Gasteiger partial charge in [0.1, 0.15) is 12.7 Å². The highest BCUT2D eigenvalue weighted by molar-refractivity contribution is 5.99. The molecule has 6 heteroatoms. The highest BCUT2D eigenvalue weighted by Crippen LogP contribution is 2.35. The SMILES string of the molecule is CC(=CCOc1c2occc2cc2ccc(=O)oc12)C[C@@H]1C=CC(=O)O1. The lowest BCUT2D eigenvalue weighted by atomic mass is 10.1. The Hall–Kier alpha value is -3.28. The molecule has 0 saturated heterocycles. The quantitative estimate of drug-likeness (QED) is 0.395. The van der Waals surface area contributed by atoms with Gasteiger partial charge in [0.2, 0.25) is 5.75 Å². The third kappa shape index (κ3) is 3.13. The first-order chi connectivity index (χ1) is 12.6. The fraction of sp³-hybridized carbons (Fsp3) is 0.200. The Bertz CT molecular complexity index is 1100. The van der Waals surface area contributed by atoms with Crippen LogP contribution in [0.15, 0.2) is 68.0 Å². The lowest BCUT2D eigenvalue weighted by Gasteiger charge is -2.10. The Morgan fingerprint density at radius 1 is 1.19 bits per heavy atom.